The SMILES string of the molecule is CC1Cc2nc3sc4c(n3c2C(C)C1)CCC4. The Labute approximate surface area is 106 Å². The first-order valence-corrected chi connectivity index (χ1v) is 7.57. The van der Waals surface area contributed by atoms with Crippen LogP contribution in [0.2, 0.25) is 0 Å². The molecule has 2 aromatic rings. The van der Waals surface area contributed by atoms with Gasteiger partial charge in [0.1, 0.15) is 0 Å². The van der Waals surface area contributed by atoms with Crippen LogP contribution in [0.25, 0.3) is 4.96 Å². The fourth-order valence-corrected chi connectivity index (χ4v) is 4.96. The van der Waals surface area contributed by atoms with Crippen molar-refractivity contribution in [1.29, 1.82) is 0 Å². The molecule has 0 aromatic carbocycles. The molecule has 2 atom stereocenters. The van der Waals surface area contributed by atoms with Crippen LogP contribution >= 0.6 is 11.3 Å². The third-order valence-electron chi connectivity index (χ3n) is 4.35. The highest BCUT2D eigenvalue weighted by Gasteiger charge is 2.30. The van der Waals surface area contributed by atoms with Crippen LogP contribution in [-0.4, -0.2) is 9.38 Å². The quantitative estimate of drug-likeness (QED) is 0.694. The number of imidazole rings is 1. The van der Waals surface area contributed by atoms with Crippen molar-refractivity contribution >= 4 is 16.3 Å². The molecule has 0 saturated carbocycles. The van der Waals surface area contributed by atoms with Gasteiger partial charge >= 0.3 is 0 Å². The fraction of sp³-hybridized carbons (Fsp3) is 0.643. The molecule has 0 spiro atoms. The molecule has 0 fully saturated rings. The zero-order chi connectivity index (χ0) is 11.6. The summed E-state index contributed by atoms with van der Waals surface area (Å²) in [7, 11) is 0. The lowest BCUT2D eigenvalue weighted by atomic mass is 9.84. The standard InChI is InChI=1S/C14H18N2S/c1-8-6-9(2)13-10(7-8)15-14-16(13)11-4-3-5-12(11)17-14/h8-9H,3-7H2,1-2H3. The van der Waals surface area contributed by atoms with E-state index in [9.17, 15) is 0 Å². The van der Waals surface area contributed by atoms with Gasteiger partial charge in [-0.2, -0.15) is 0 Å². The lowest BCUT2D eigenvalue weighted by molar-refractivity contribution is 0.437. The molecule has 2 heterocycles. The Kier molecular flexibility index (Phi) is 1.99. The smallest absolute Gasteiger partial charge is 0.194 e. The molecule has 2 aliphatic rings. The number of rotatable bonds is 0. The molecule has 0 saturated heterocycles. The van der Waals surface area contributed by atoms with E-state index in [0.717, 1.165) is 5.92 Å². The molecule has 2 aliphatic carbocycles. The number of hydrogen-bond acceptors (Lipinski definition) is 2. The third-order valence-corrected chi connectivity index (χ3v) is 5.49. The van der Waals surface area contributed by atoms with Crippen LogP contribution in [0.3, 0.4) is 0 Å². The molecule has 90 valence electrons. The average Bonchev–Trinajstić information content (AvgIpc) is 2.85. The van der Waals surface area contributed by atoms with E-state index in [1.54, 1.807) is 10.6 Å². The highest BCUT2D eigenvalue weighted by molar-refractivity contribution is 7.17. The van der Waals surface area contributed by atoms with Crippen LogP contribution < -0.4 is 0 Å². The van der Waals surface area contributed by atoms with Crippen LogP contribution in [0.5, 0.6) is 0 Å². The van der Waals surface area contributed by atoms with Crippen molar-refractivity contribution in [1.82, 2.24) is 9.38 Å². The van der Waals surface area contributed by atoms with Crippen LogP contribution in [-0.2, 0) is 19.3 Å². The lowest BCUT2D eigenvalue weighted by Gasteiger charge is -2.24. The second-order valence-electron chi connectivity index (χ2n) is 5.83. The Morgan fingerprint density at radius 1 is 1.29 bits per heavy atom. The van der Waals surface area contributed by atoms with Gasteiger partial charge in [-0.05, 0) is 43.9 Å². The zero-order valence-corrected chi connectivity index (χ0v) is 11.3. The molecule has 2 nitrogen and oxygen atoms in total. The van der Waals surface area contributed by atoms with Gasteiger partial charge in [0.15, 0.2) is 4.96 Å². The summed E-state index contributed by atoms with van der Waals surface area (Å²) in [5, 5.41) is 0. The Morgan fingerprint density at radius 3 is 3.06 bits per heavy atom. The van der Waals surface area contributed by atoms with Gasteiger partial charge < -0.3 is 0 Å². The largest absolute Gasteiger partial charge is 0.291 e. The maximum absolute atomic E-state index is 4.90. The maximum Gasteiger partial charge on any atom is 0.194 e. The average molecular weight is 246 g/mol. The van der Waals surface area contributed by atoms with E-state index >= 15 is 0 Å². The van der Waals surface area contributed by atoms with Gasteiger partial charge in [0.05, 0.1) is 5.69 Å². The number of thiazole rings is 1. The van der Waals surface area contributed by atoms with E-state index in [1.165, 1.54) is 48.5 Å². The summed E-state index contributed by atoms with van der Waals surface area (Å²) in [6.45, 7) is 4.74. The monoisotopic (exact) mass is 246 g/mol. The van der Waals surface area contributed by atoms with Crippen LogP contribution in [0.15, 0.2) is 0 Å². The molecule has 0 N–H and O–H groups in total. The van der Waals surface area contributed by atoms with Crippen molar-refractivity contribution in [3.05, 3.63) is 22.0 Å². The first-order chi connectivity index (χ1) is 8.24. The van der Waals surface area contributed by atoms with Gasteiger partial charge in [-0.3, -0.25) is 4.40 Å². The molecular formula is C14H18N2S. The molecule has 0 amide bonds. The van der Waals surface area contributed by atoms with Gasteiger partial charge in [0.25, 0.3) is 0 Å². The van der Waals surface area contributed by atoms with Crippen molar-refractivity contribution in [3.63, 3.8) is 0 Å². The number of hydrogen-bond donors (Lipinski definition) is 0. The Balaban J connectivity index is 2.00. The maximum atomic E-state index is 4.90. The summed E-state index contributed by atoms with van der Waals surface area (Å²) in [6, 6.07) is 0. The zero-order valence-electron chi connectivity index (χ0n) is 10.5. The van der Waals surface area contributed by atoms with E-state index in [2.05, 4.69) is 18.2 Å². The van der Waals surface area contributed by atoms with Crippen molar-refractivity contribution in [2.45, 2.75) is 51.9 Å². The first-order valence-electron chi connectivity index (χ1n) is 6.76. The molecule has 4 rings (SSSR count). The summed E-state index contributed by atoms with van der Waals surface area (Å²) >= 11 is 1.94. The minimum absolute atomic E-state index is 0.683. The van der Waals surface area contributed by atoms with E-state index in [0.29, 0.717) is 5.92 Å². The minimum Gasteiger partial charge on any atom is -0.291 e. The second-order valence-corrected chi connectivity index (χ2v) is 6.90. The predicted molar refractivity (Wildman–Crippen MR) is 71.0 cm³/mol. The van der Waals surface area contributed by atoms with Gasteiger partial charge in [0.2, 0.25) is 0 Å². The molecule has 0 aliphatic heterocycles. The summed E-state index contributed by atoms with van der Waals surface area (Å²) in [5.41, 5.74) is 4.51. The van der Waals surface area contributed by atoms with Gasteiger partial charge in [-0.25, -0.2) is 4.98 Å². The Hall–Kier alpha value is -0.830. The number of aromatic nitrogens is 2. The van der Waals surface area contributed by atoms with Crippen LogP contribution in [0, 0.1) is 5.92 Å². The Morgan fingerprint density at radius 2 is 2.18 bits per heavy atom. The number of nitrogens with zero attached hydrogens (tertiary/aromatic N) is 2. The normalized spacial score (nSPS) is 27.4. The summed E-state index contributed by atoms with van der Waals surface area (Å²) < 4.78 is 2.51. The Bertz CT molecular complexity index is 593. The summed E-state index contributed by atoms with van der Waals surface area (Å²) in [4.78, 5) is 7.76. The van der Waals surface area contributed by atoms with E-state index in [-0.39, 0.29) is 0 Å². The van der Waals surface area contributed by atoms with E-state index in [4.69, 9.17) is 4.98 Å². The van der Waals surface area contributed by atoms with E-state index < -0.39 is 0 Å². The van der Waals surface area contributed by atoms with E-state index in [1.807, 2.05) is 11.3 Å². The van der Waals surface area contributed by atoms with Crippen molar-refractivity contribution < 1.29 is 0 Å². The summed E-state index contributed by atoms with van der Waals surface area (Å²) in [6.07, 6.45) is 6.40. The highest BCUT2D eigenvalue weighted by atomic mass is 32.1. The molecule has 2 unspecified atom stereocenters. The summed E-state index contributed by atoms with van der Waals surface area (Å²) in [5.74, 6) is 1.48. The minimum atomic E-state index is 0.683. The second kappa shape index (κ2) is 3.35. The van der Waals surface area contributed by atoms with Crippen molar-refractivity contribution in [3.8, 4) is 0 Å². The number of fused-ring (bicyclic) bond motifs is 5. The van der Waals surface area contributed by atoms with Crippen LogP contribution in [0.4, 0.5) is 0 Å². The molecule has 0 radical (unpaired) electrons. The molecule has 2 aromatic heterocycles. The van der Waals surface area contributed by atoms with Crippen molar-refractivity contribution in [2.75, 3.05) is 0 Å². The van der Waals surface area contributed by atoms with Crippen molar-refractivity contribution in [2.24, 2.45) is 5.92 Å². The predicted octanol–water partition coefficient (Wildman–Crippen LogP) is 3.57. The molecule has 17 heavy (non-hydrogen) atoms. The highest BCUT2D eigenvalue weighted by Crippen LogP contribution is 2.40. The lowest BCUT2D eigenvalue weighted by Crippen LogP contribution is -2.16. The topological polar surface area (TPSA) is 17.3 Å². The van der Waals surface area contributed by atoms with Gasteiger partial charge in [-0.15, -0.1) is 11.3 Å². The molecule has 3 heteroatoms. The molecule has 0 bridgehead atoms. The van der Waals surface area contributed by atoms with Gasteiger partial charge in [-0.1, -0.05) is 13.8 Å². The fourth-order valence-electron chi connectivity index (χ4n) is 3.72. The molecular weight excluding hydrogens is 228 g/mol. The number of aryl methyl sites for hydroxylation is 2. The van der Waals surface area contributed by atoms with Gasteiger partial charge in [0, 0.05) is 16.3 Å². The third kappa shape index (κ3) is 1.29. The first kappa shape index (κ1) is 10.1. The van der Waals surface area contributed by atoms with Crippen LogP contribution in [0.1, 0.15) is 54.6 Å².